The number of nitrogens with zero attached hydrogens (tertiary/aromatic N) is 3. The molecule has 3 nitrogen and oxygen atoms in total. The molecule has 104 valence electrons. The molecule has 0 amide bonds. The summed E-state index contributed by atoms with van der Waals surface area (Å²) in [7, 11) is 0. The zero-order valence-corrected chi connectivity index (χ0v) is 12.5. The maximum atomic E-state index is 4.42. The molecule has 0 atom stereocenters. The maximum absolute atomic E-state index is 4.42. The molecule has 0 radical (unpaired) electrons. The van der Waals surface area contributed by atoms with Crippen molar-refractivity contribution in [3.05, 3.63) is 53.9 Å². The van der Waals surface area contributed by atoms with Gasteiger partial charge in [-0.25, -0.2) is 0 Å². The lowest BCUT2D eigenvalue weighted by Gasteiger charge is -2.09. The first-order valence-electron chi connectivity index (χ1n) is 7.09. The third-order valence-corrected chi connectivity index (χ3v) is 4.34. The fourth-order valence-corrected chi connectivity index (χ4v) is 3.03. The maximum Gasteiger partial charge on any atom is 0.191 e. The summed E-state index contributed by atoms with van der Waals surface area (Å²) in [5.74, 6) is 2.74. The van der Waals surface area contributed by atoms with Gasteiger partial charge in [0.1, 0.15) is 5.82 Å². The number of aromatic nitrogens is 3. The summed E-state index contributed by atoms with van der Waals surface area (Å²) in [4.78, 5) is 0. The average Bonchev–Trinajstić information content (AvgIpc) is 3.25. The van der Waals surface area contributed by atoms with Crippen molar-refractivity contribution in [3.63, 3.8) is 0 Å². The average molecular weight is 285 g/mol. The van der Waals surface area contributed by atoms with Crippen LogP contribution >= 0.6 is 11.8 Å². The first-order chi connectivity index (χ1) is 9.88. The molecule has 1 fully saturated rings. The van der Waals surface area contributed by atoms with Crippen molar-refractivity contribution in [2.24, 2.45) is 0 Å². The number of thioether (sulfide) groups is 1. The molecule has 0 spiro atoms. The highest BCUT2D eigenvalue weighted by atomic mass is 32.2. The Hall–Kier alpha value is -1.55. The van der Waals surface area contributed by atoms with Gasteiger partial charge in [-0.2, -0.15) is 0 Å². The third-order valence-electron chi connectivity index (χ3n) is 3.42. The minimum atomic E-state index is 0.627. The summed E-state index contributed by atoms with van der Waals surface area (Å²) in [6, 6.07) is 10.6. The highest BCUT2D eigenvalue weighted by Gasteiger charge is 2.30. The second-order valence-corrected chi connectivity index (χ2v) is 6.05. The van der Waals surface area contributed by atoms with Crippen LogP contribution in [0.25, 0.3) is 0 Å². The standard InChI is InChI=1S/C16H19N3S/c1-2-3-11-20-16-18-17-15(14-9-10-14)19(16)12-13-7-5-4-6-8-13/h2-8,14H,9-12H2,1H3. The summed E-state index contributed by atoms with van der Waals surface area (Å²) < 4.78 is 2.29. The zero-order chi connectivity index (χ0) is 13.8. The molecule has 3 rings (SSSR count). The van der Waals surface area contributed by atoms with Crippen molar-refractivity contribution in [1.29, 1.82) is 0 Å². The minimum absolute atomic E-state index is 0.627. The highest BCUT2D eigenvalue weighted by molar-refractivity contribution is 7.99. The van der Waals surface area contributed by atoms with Gasteiger partial charge in [0.25, 0.3) is 0 Å². The second-order valence-electron chi connectivity index (χ2n) is 5.07. The van der Waals surface area contributed by atoms with Crippen LogP contribution in [0.3, 0.4) is 0 Å². The Labute approximate surface area is 124 Å². The topological polar surface area (TPSA) is 30.7 Å². The number of allylic oxidation sites excluding steroid dienone is 1. The molecule has 0 aliphatic heterocycles. The molecule has 0 saturated heterocycles. The fourth-order valence-electron chi connectivity index (χ4n) is 2.18. The largest absolute Gasteiger partial charge is 0.301 e. The molecule has 2 aromatic rings. The lowest BCUT2D eigenvalue weighted by atomic mass is 10.2. The molecule has 0 bridgehead atoms. The first kappa shape index (κ1) is 13.4. The van der Waals surface area contributed by atoms with Crippen LogP contribution < -0.4 is 0 Å². The van der Waals surface area contributed by atoms with Gasteiger partial charge in [-0.1, -0.05) is 54.2 Å². The van der Waals surface area contributed by atoms with Crippen LogP contribution in [-0.2, 0) is 6.54 Å². The van der Waals surface area contributed by atoms with Crippen LogP contribution in [-0.4, -0.2) is 20.5 Å². The van der Waals surface area contributed by atoms with Crippen molar-refractivity contribution < 1.29 is 0 Å². The van der Waals surface area contributed by atoms with Gasteiger partial charge < -0.3 is 4.57 Å². The van der Waals surface area contributed by atoms with Gasteiger partial charge in [0.2, 0.25) is 0 Å². The van der Waals surface area contributed by atoms with Gasteiger partial charge in [-0.3, -0.25) is 0 Å². The predicted molar refractivity (Wildman–Crippen MR) is 83.1 cm³/mol. The van der Waals surface area contributed by atoms with Crippen molar-refractivity contribution in [3.8, 4) is 0 Å². The Morgan fingerprint density at radius 2 is 2.05 bits per heavy atom. The SMILES string of the molecule is CC=CCSc1nnc(C2CC2)n1Cc1ccccc1. The van der Waals surface area contributed by atoms with E-state index < -0.39 is 0 Å². The molecule has 1 aliphatic carbocycles. The van der Waals surface area contributed by atoms with Crippen molar-refractivity contribution in [1.82, 2.24) is 14.8 Å². The highest BCUT2D eigenvalue weighted by Crippen LogP contribution is 2.40. The van der Waals surface area contributed by atoms with Gasteiger partial charge in [-0.05, 0) is 25.3 Å². The Bertz CT molecular complexity index is 585. The zero-order valence-electron chi connectivity index (χ0n) is 11.7. The lowest BCUT2D eigenvalue weighted by molar-refractivity contribution is 0.668. The molecule has 0 N–H and O–H groups in total. The van der Waals surface area contributed by atoms with Crippen LogP contribution in [0.5, 0.6) is 0 Å². The van der Waals surface area contributed by atoms with Crippen LogP contribution in [0.1, 0.15) is 37.1 Å². The van der Waals surface area contributed by atoms with E-state index in [0.29, 0.717) is 5.92 Å². The van der Waals surface area contributed by atoms with Gasteiger partial charge in [-0.15, -0.1) is 10.2 Å². The Balaban J connectivity index is 1.83. The Morgan fingerprint density at radius 1 is 1.25 bits per heavy atom. The van der Waals surface area contributed by atoms with E-state index in [9.17, 15) is 0 Å². The van der Waals surface area contributed by atoms with Gasteiger partial charge >= 0.3 is 0 Å². The van der Waals surface area contributed by atoms with E-state index in [1.54, 1.807) is 11.8 Å². The van der Waals surface area contributed by atoms with Gasteiger partial charge in [0, 0.05) is 11.7 Å². The summed E-state index contributed by atoms with van der Waals surface area (Å²) in [6.07, 6.45) is 6.74. The van der Waals surface area contributed by atoms with E-state index in [0.717, 1.165) is 23.3 Å². The molecule has 0 unspecified atom stereocenters. The Kier molecular flexibility index (Phi) is 4.21. The normalized spacial score (nSPS) is 15.1. The van der Waals surface area contributed by atoms with Crippen LogP contribution in [0.2, 0.25) is 0 Å². The first-order valence-corrected chi connectivity index (χ1v) is 8.08. The number of hydrogen-bond acceptors (Lipinski definition) is 3. The van der Waals surface area contributed by atoms with E-state index in [-0.39, 0.29) is 0 Å². The predicted octanol–water partition coefficient (Wildman–Crippen LogP) is 3.87. The molecule has 20 heavy (non-hydrogen) atoms. The summed E-state index contributed by atoms with van der Waals surface area (Å²) >= 11 is 1.76. The molecule has 1 saturated carbocycles. The van der Waals surface area contributed by atoms with Gasteiger partial charge in [0.05, 0.1) is 6.54 Å². The minimum Gasteiger partial charge on any atom is -0.301 e. The molecular weight excluding hydrogens is 266 g/mol. The lowest BCUT2D eigenvalue weighted by Crippen LogP contribution is -2.06. The Morgan fingerprint density at radius 3 is 2.75 bits per heavy atom. The van der Waals surface area contributed by atoms with Crippen molar-refractivity contribution >= 4 is 11.8 Å². The molecule has 1 heterocycles. The monoisotopic (exact) mass is 285 g/mol. The van der Waals surface area contributed by atoms with E-state index in [1.165, 1.54) is 18.4 Å². The summed E-state index contributed by atoms with van der Waals surface area (Å²) in [6.45, 7) is 2.92. The smallest absolute Gasteiger partial charge is 0.191 e. The van der Waals surface area contributed by atoms with E-state index in [1.807, 2.05) is 6.92 Å². The van der Waals surface area contributed by atoms with Crippen molar-refractivity contribution in [2.45, 2.75) is 37.4 Å². The van der Waals surface area contributed by atoms with E-state index in [2.05, 4.69) is 57.2 Å². The second kappa shape index (κ2) is 6.27. The van der Waals surface area contributed by atoms with E-state index in [4.69, 9.17) is 0 Å². The number of benzene rings is 1. The third kappa shape index (κ3) is 3.12. The molecule has 1 aliphatic rings. The van der Waals surface area contributed by atoms with Gasteiger partial charge in [0.15, 0.2) is 5.16 Å². The summed E-state index contributed by atoms with van der Waals surface area (Å²) in [5.41, 5.74) is 1.31. The number of hydrogen-bond donors (Lipinski definition) is 0. The quantitative estimate of drug-likeness (QED) is 0.596. The molecule has 4 heteroatoms. The van der Waals surface area contributed by atoms with Crippen LogP contribution in [0.4, 0.5) is 0 Å². The van der Waals surface area contributed by atoms with Crippen LogP contribution in [0.15, 0.2) is 47.6 Å². The van der Waals surface area contributed by atoms with E-state index >= 15 is 0 Å². The molecular formula is C16H19N3S. The van der Waals surface area contributed by atoms with Crippen molar-refractivity contribution in [2.75, 3.05) is 5.75 Å². The molecule has 1 aromatic carbocycles. The fraction of sp³-hybridized carbons (Fsp3) is 0.375. The summed E-state index contributed by atoms with van der Waals surface area (Å²) in [5, 5.41) is 9.84. The molecule has 1 aromatic heterocycles. The number of rotatable bonds is 6. The van der Waals surface area contributed by atoms with Crippen LogP contribution in [0, 0.1) is 0 Å².